The highest BCUT2D eigenvalue weighted by Gasteiger charge is 2.17. The number of rotatable bonds is 3. The van der Waals surface area contributed by atoms with Gasteiger partial charge in [0.15, 0.2) is 0 Å². The second kappa shape index (κ2) is 5.98. The number of carbonyl (C=O) groups is 1. The van der Waals surface area contributed by atoms with E-state index in [0.717, 1.165) is 31.9 Å². The molecule has 2 rings (SSSR count). The van der Waals surface area contributed by atoms with Gasteiger partial charge >= 0.3 is 0 Å². The third-order valence-electron chi connectivity index (χ3n) is 3.41. The smallest absolute Gasteiger partial charge is 0.221 e. The van der Waals surface area contributed by atoms with Gasteiger partial charge in [-0.05, 0) is 24.6 Å². The molecule has 1 aromatic carbocycles. The lowest BCUT2D eigenvalue weighted by atomic mass is 10.1. The van der Waals surface area contributed by atoms with Gasteiger partial charge in [0.1, 0.15) is 0 Å². The molecule has 1 saturated heterocycles. The van der Waals surface area contributed by atoms with Crippen molar-refractivity contribution < 1.29 is 4.79 Å². The molecule has 2 N–H and O–H groups in total. The van der Waals surface area contributed by atoms with Gasteiger partial charge in [0.25, 0.3) is 0 Å². The first-order valence-electron chi connectivity index (χ1n) is 6.49. The lowest BCUT2D eigenvalue weighted by Crippen LogP contribution is -2.44. The molecule has 0 bridgehead atoms. The Labute approximate surface area is 108 Å². The third kappa shape index (κ3) is 3.31. The molecule has 0 aliphatic carbocycles. The fraction of sp³-hybridized carbons (Fsp3) is 0.500. The van der Waals surface area contributed by atoms with E-state index in [1.165, 1.54) is 12.5 Å². The first kappa shape index (κ1) is 13.1. The predicted molar refractivity (Wildman–Crippen MR) is 73.6 cm³/mol. The van der Waals surface area contributed by atoms with E-state index in [4.69, 9.17) is 0 Å². The number of piperazine rings is 1. The monoisotopic (exact) mass is 247 g/mol. The van der Waals surface area contributed by atoms with Crippen LogP contribution in [0.25, 0.3) is 0 Å². The van der Waals surface area contributed by atoms with E-state index in [1.807, 2.05) is 12.1 Å². The van der Waals surface area contributed by atoms with Gasteiger partial charge in [0.2, 0.25) is 5.91 Å². The number of anilines is 1. The molecule has 0 radical (unpaired) electrons. The van der Waals surface area contributed by atoms with Crippen LogP contribution >= 0.6 is 0 Å². The second-order valence-corrected chi connectivity index (χ2v) is 4.77. The normalized spacial score (nSPS) is 18.3. The molecule has 4 heteroatoms. The molecule has 1 aliphatic rings. The average Bonchev–Trinajstić information content (AvgIpc) is 2.39. The van der Waals surface area contributed by atoms with Gasteiger partial charge in [0.05, 0.1) is 0 Å². The fourth-order valence-electron chi connectivity index (χ4n) is 2.33. The van der Waals surface area contributed by atoms with Crippen LogP contribution in [0.2, 0.25) is 0 Å². The van der Waals surface area contributed by atoms with Crippen LogP contribution < -0.4 is 10.6 Å². The molecular formula is C14H21N3O. The molecule has 4 nitrogen and oxygen atoms in total. The first-order chi connectivity index (χ1) is 8.66. The average molecular weight is 247 g/mol. The third-order valence-corrected chi connectivity index (χ3v) is 3.41. The lowest BCUT2D eigenvalue weighted by Gasteiger charge is -2.33. The molecule has 18 heavy (non-hydrogen) atoms. The summed E-state index contributed by atoms with van der Waals surface area (Å²) in [6.07, 6.45) is 0. The van der Waals surface area contributed by atoms with Crippen LogP contribution in [0, 0.1) is 0 Å². The number of nitrogens with one attached hydrogen (secondary N) is 2. The van der Waals surface area contributed by atoms with Crippen LogP contribution in [0.4, 0.5) is 5.69 Å². The van der Waals surface area contributed by atoms with Crippen molar-refractivity contribution in [1.29, 1.82) is 0 Å². The summed E-state index contributed by atoms with van der Waals surface area (Å²) in [7, 11) is 0. The number of hydrogen-bond donors (Lipinski definition) is 2. The predicted octanol–water partition coefficient (Wildman–Crippen LogP) is 1.61. The van der Waals surface area contributed by atoms with Crippen molar-refractivity contribution in [2.75, 3.05) is 31.5 Å². The topological polar surface area (TPSA) is 44.4 Å². The van der Waals surface area contributed by atoms with Gasteiger partial charge in [0, 0.05) is 44.8 Å². The van der Waals surface area contributed by atoms with E-state index >= 15 is 0 Å². The van der Waals surface area contributed by atoms with Crippen LogP contribution in [0.5, 0.6) is 0 Å². The van der Waals surface area contributed by atoms with Crippen LogP contribution in [0.1, 0.15) is 25.5 Å². The SMILES string of the molecule is CC(=O)Nc1ccc([C@@H](C)N2CCNCC2)cc1. The molecule has 1 aromatic rings. The molecular weight excluding hydrogens is 226 g/mol. The largest absolute Gasteiger partial charge is 0.326 e. The van der Waals surface area contributed by atoms with Crippen molar-refractivity contribution in [3.8, 4) is 0 Å². The number of carbonyl (C=O) groups excluding carboxylic acids is 1. The molecule has 0 aromatic heterocycles. The second-order valence-electron chi connectivity index (χ2n) is 4.77. The quantitative estimate of drug-likeness (QED) is 0.853. The fourth-order valence-corrected chi connectivity index (χ4v) is 2.33. The van der Waals surface area contributed by atoms with Gasteiger partial charge in [-0.25, -0.2) is 0 Å². The Kier molecular flexibility index (Phi) is 4.33. The Bertz CT molecular complexity index is 396. The molecule has 1 amide bonds. The molecule has 1 heterocycles. The van der Waals surface area contributed by atoms with Crippen LogP contribution in [-0.4, -0.2) is 37.0 Å². The summed E-state index contributed by atoms with van der Waals surface area (Å²) in [5.41, 5.74) is 2.16. The highest BCUT2D eigenvalue weighted by molar-refractivity contribution is 5.88. The summed E-state index contributed by atoms with van der Waals surface area (Å²) in [6.45, 7) is 8.07. The maximum atomic E-state index is 11.0. The van der Waals surface area contributed by atoms with E-state index in [2.05, 4.69) is 34.6 Å². The standard InChI is InChI=1S/C14H21N3O/c1-11(17-9-7-15-8-10-17)13-3-5-14(6-4-13)16-12(2)18/h3-6,11,15H,7-10H2,1-2H3,(H,16,18)/t11-/m1/s1. The van der Waals surface area contributed by atoms with E-state index in [9.17, 15) is 4.79 Å². The van der Waals surface area contributed by atoms with E-state index in [0.29, 0.717) is 6.04 Å². The molecule has 1 atom stereocenters. The zero-order chi connectivity index (χ0) is 13.0. The van der Waals surface area contributed by atoms with Crippen molar-refractivity contribution in [1.82, 2.24) is 10.2 Å². The number of hydrogen-bond acceptors (Lipinski definition) is 3. The van der Waals surface area contributed by atoms with E-state index in [1.54, 1.807) is 0 Å². The highest BCUT2D eigenvalue weighted by Crippen LogP contribution is 2.22. The number of nitrogens with zero attached hydrogens (tertiary/aromatic N) is 1. The number of amides is 1. The molecule has 0 saturated carbocycles. The Balaban J connectivity index is 2.01. The molecule has 1 aliphatic heterocycles. The molecule has 1 fully saturated rings. The number of benzene rings is 1. The minimum atomic E-state index is -0.0297. The van der Waals surface area contributed by atoms with Gasteiger partial charge < -0.3 is 10.6 Å². The van der Waals surface area contributed by atoms with Gasteiger partial charge in [-0.1, -0.05) is 12.1 Å². The van der Waals surface area contributed by atoms with Crippen molar-refractivity contribution in [3.63, 3.8) is 0 Å². The Morgan fingerprint density at radius 1 is 1.28 bits per heavy atom. The summed E-state index contributed by atoms with van der Waals surface area (Å²) in [5.74, 6) is -0.0297. The molecule has 98 valence electrons. The van der Waals surface area contributed by atoms with Gasteiger partial charge in [-0.15, -0.1) is 0 Å². The van der Waals surface area contributed by atoms with Crippen molar-refractivity contribution in [2.45, 2.75) is 19.9 Å². The van der Waals surface area contributed by atoms with Crippen molar-refractivity contribution in [3.05, 3.63) is 29.8 Å². The van der Waals surface area contributed by atoms with Gasteiger partial charge in [-0.3, -0.25) is 9.69 Å². The molecule has 0 spiro atoms. The summed E-state index contributed by atoms with van der Waals surface area (Å²) in [4.78, 5) is 13.4. The Hall–Kier alpha value is -1.39. The minimum Gasteiger partial charge on any atom is -0.326 e. The summed E-state index contributed by atoms with van der Waals surface area (Å²) >= 11 is 0. The lowest BCUT2D eigenvalue weighted by molar-refractivity contribution is -0.114. The maximum absolute atomic E-state index is 11.0. The van der Waals surface area contributed by atoms with E-state index in [-0.39, 0.29) is 5.91 Å². The Morgan fingerprint density at radius 3 is 2.44 bits per heavy atom. The van der Waals surface area contributed by atoms with Gasteiger partial charge in [-0.2, -0.15) is 0 Å². The summed E-state index contributed by atoms with van der Waals surface area (Å²) in [6, 6.07) is 8.55. The summed E-state index contributed by atoms with van der Waals surface area (Å²) < 4.78 is 0. The van der Waals surface area contributed by atoms with Crippen LogP contribution in [0.15, 0.2) is 24.3 Å². The zero-order valence-electron chi connectivity index (χ0n) is 11.1. The maximum Gasteiger partial charge on any atom is 0.221 e. The summed E-state index contributed by atoms with van der Waals surface area (Å²) in [5, 5.41) is 6.15. The van der Waals surface area contributed by atoms with Crippen molar-refractivity contribution >= 4 is 11.6 Å². The zero-order valence-corrected chi connectivity index (χ0v) is 11.1. The van der Waals surface area contributed by atoms with E-state index < -0.39 is 0 Å². The van der Waals surface area contributed by atoms with Crippen molar-refractivity contribution in [2.24, 2.45) is 0 Å². The highest BCUT2D eigenvalue weighted by atomic mass is 16.1. The minimum absolute atomic E-state index is 0.0297. The Morgan fingerprint density at radius 2 is 1.89 bits per heavy atom. The first-order valence-corrected chi connectivity index (χ1v) is 6.49. The molecule has 0 unspecified atom stereocenters. The van der Waals surface area contributed by atoms with Crippen LogP contribution in [-0.2, 0) is 4.79 Å². The van der Waals surface area contributed by atoms with Crippen LogP contribution in [0.3, 0.4) is 0 Å².